The number of ether oxygens (including phenoxy) is 3. The molecule has 5 N–H and O–H groups in total. The number of phenolic OH excluding ortho intramolecular Hbond substituents is 3. The molecule has 13 heteroatoms. The molecule has 1 aromatic heterocycles. The molecule has 0 radical (unpaired) electrons. The first-order valence-electron chi connectivity index (χ1n) is 11.1. The van der Waals surface area contributed by atoms with Crippen molar-refractivity contribution in [2.75, 3.05) is 7.11 Å². The number of aryl methyl sites for hydroxylation is 1. The van der Waals surface area contributed by atoms with Gasteiger partial charge in [0.2, 0.25) is 11.5 Å². The van der Waals surface area contributed by atoms with Gasteiger partial charge in [0.1, 0.15) is 11.1 Å². The van der Waals surface area contributed by atoms with Gasteiger partial charge >= 0.3 is 11.6 Å². The van der Waals surface area contributed by atoms with Crippen LogP contribution in [0.15, 0.2) is 33.2 Å². The van der Waals surface area contributed by atoms with Gasteiger partial charge < -0.3 is 44.2 Å². The SMILES string of the molecule is COC1=CC(=O)c2c(O)c3c(c(O)c2C1=O)O[C@@]1(CCc2cc4cc(C(=O)O)oc(=O)c4c(O)c2O1)[C@H]3O. The highest BCUT2D eigenvalue weighted by Crippen LogP contribution is 2.59. The maximum atomic E-state index is 12.8. The molecule has 1 aliphatic carbocycles. The van der Waals surface area contributed by atoms with E-state index < -0.39 is 80.5 Å². The zero-order valence-electron chi connectivity index (χ0n) is 19.2. The molecular formula is C25H16O13. The Kier molecular flexibility index (Phi) is 4.60. The van der Waals surface area contributed by atoms with Crippen LogP contribution in [0.25, 0.3) is 10.8 Å². The first kappa shape index (κ1) is 23.4. The van der Waals surface area contributed by atoms with Gasteiger partial charge in [-0.15, -0.1) is 0 Å². The molecule has 0 fully saturated rings. The van der Waals surface area contributed by atoms with Crippen LogP contribution in [0.4, 0.5) is 0 Å². The largest absolute Gasteiger partial charge is 0.507 e. The van der Waals surface area contributed by atoms with Gasteiger partial charge in [-0.2, -0.15) is 0 Å². The highest BCUT2D eigenvalue weighted by molar-refractivity contribution is 6.26. The van der Waals surface area contributed by atoms with Gasteiger partial charge in [-0.1, -0.05) is 0 Å². The molecule has 0 amide bonds. The van der Waals surface area contributed by atoms with Crippen LogP contribution in [0.3, 0.4) is 0 Å². The van der Waals surface area contributed by atoms with Crippen molar-refractivity contribution in [2.45, 2.75) is 24.7 Å². The number of ketones is 2. The lowest BCUT2D eigenvalue weighted by Crippen LogP contribution is -2.47. The summed E-state index contributed by atoms with van der Waals surface area (Å²) in [7, 11) is 1.15. The first-order valence-corrected chi connectivity index (χ1v) is 11.1. The lowest BCUT2D eigenvalue weighted by atomic mass is 9.86. The highest BCUT2D eigenvalue weighted by Gasteiger charge is 2.56. The molecule has 6 rings (SSSR count). The number of carbonyl (C=O) groups excluding carboxylic acids is 2. The Bertz CT molecular complexity index is 1740. The number of aliphatic hydroxyl groups is 1. The van der Waals surface area contributed by atoms with E-state index in [2.05, 4.69) is 0 Å². The maximum Gasteiger partial charge on any atom is 0.371 e. The number of hydrogen-bond donors (Lipinski definition) is 5. The molecule has 13 nitrogen and oxygen atoms in total. The molecule has 1 spiro atoms. The fraction of sp³-hybridized carbons (Fsp3) is 0.200. The van der Waals surface area contributed by atoms with Crippen molar-refractivity contribution >= 4 is 28.3 Å². The van der Waals surface area contributed by atoms with E-state index in [4.69, 9.17) is 23.7 Å². The molecule has 2 atom stereocenters. The van der Waals surface area contributed by atoms with Crippen molar-refractivity contribution in [1.29, 1.82) is 0 Å². The molecular weight excluding hydrogens is 508 g/mol. The highest BCUT2D eigenvalue weighted by atomic mass is 16.7. The van der Waals surface area contributed by atoms with Crippen molar-refractivity contribution in [2.24, 2.45) is 0 Å². The van der Waals surface area contributed by atoms with Gasteiger partial charge in [-0.25, -0.2) is 9.59 Å². The third kappa shape index (κ3) is 2.84. The van der Waals surface area contributed by atoms with Crippen molar-refractivity contribution in [3.8, 4) is 28.7 Å². The number of hydrogen-bond acceptors (Lipinski definition) is 12. The summed E-state index contributed by atoms with van der Waals surface area (Å²) in [4.78, 5) is 49.1. The molecule has 38 heavy (non-hydrogen) atoms. The van der Waals surface area contributed by atoms with E-state index in [-0.39, 0.29) is 35.1 Å². The van der Waals surface area contributed by atoms with Gasteiger partial charge in [-0.3, -0.25) is 9.59 Å². The van der Waals surface area contributed by atoms with Crippen molar-refractivity contribution < 1.29 is 58.5 Å². The Hall–Kier alpha value is -5.04. The van der Waals surface area contributed by atoms with Gasteiger partial charge in [0.25, 0.3) is 5.79 Å². The van der Waals surface area contributed by atoms with Crippen LogP contribution in [0.1, 0.15) is 54.9 Å². The number of carboxylic acid groups (broad SMARTS) is 1. The summed E-state index contributed by atoms with van der Waals surface area (Å²) >= 11 is 0. The van der Waals surface area contributed by atoms with Crippen LogP contribution in [0, 0.1) is 0 Å². The number of rotatable bonds is 2. The summed E-state index contributed by atoms with van der Waals surface area (Å²) in [5.74, 6) is -9.44. The second kappa shape index (κ2) is 7.49. The summed E-state index contributed by atoms with van der Waals surface area (Å²) in [5, 5.41) is 52.8. The lowest BCUT2D eigenvalue weighted by molar-refractivity contribution is -0.180. The summed E-state index contributed by atoms with van der Waals surface area (Å²) in [6.07, 6.45) is -1.05. The van der Waals surface area contributed by atoms with Gasteiger partial charge in [0.05, 0.1) is 23.8 Å². The predicted molar refractivity (Wildman–Crippen MR) is 122 cm³/mol. The monoisotopic (exact) mass is 524 g/mol. The Morgan fingerprint density at radius 3 is 2.42 bits per heavy atom. The number of Topliss-reactive ketones (excluding diaryl/α,β-unsaturated/α-hetero) is 1. The van der Waals surface area contributed by atoms with Crippen molar-refractivity contribution in [1.82, 2.24) is 0 Å². The molecule has 0 bridgehead atoms. The first-order chi connectivity index (χ1) is 18.0. The second-order valence-electron chi connectivity index (χ2n) is 8.90. The minimum absolute atomic E-state index is 0.0565. The number of fused-ring (bicyclic) bond motifs is 4. The minimum atomic E-state index is -2.05. The fourth-order valence-corrected chi connectivity index (χ4v) is 5.10. The van der Waals surface area contributed by atoms with E-state index in [1.807, 2.05) is 0 Å². The van der Waals surface area contributed by atoms with Crippen LogP contribution >= 0.6 is 0 Å². The number of carbonyl (C=O) groups is 3. The maximum absolute atomic E-state index is 12.8. The fourth-order valence-electron chi connectivity index (χ4n) is 5.10. The van der Waals surface area contributed by atoms with E-state index in [9.17, 15) is 39.6 Å². The third-order valence-corrected chi connectivity index (χ3v) is 6.87. The van der Waals surface area contributed by atoms with Crippen LogP contribution in [0.2, 0.25) is 0 Å². The second-order valence-corrected chi connectivity index (χ2v) is 8.90. The Morgan fingerprint density at radius 2 is 1.74 bits per heavy atom. The normalized spacial score (nSPS) is 21.3. The molecule has 2 aromatic carbocycles. The number of carboxylic acids is 1. The molecule has 0 unspecified atom stereocenters. The summed E-state index contributed by atoms with van der Waals surface area (Å²) < 4.78 is 21.3. The number of methoxy groups -OCH3 is 1. The van der Waals surface area contributed by atoms with Crippen molar-refractivity contribution in [3.05, 3.63) is 62.4 Å². The third-order valence-electron chi connectivity index (χ3n) is 6.87. The van der Waals surface area contributed by atoms with Gasteiger partial charge in [-0.05, 0) is 29.5 Å². The lowest BCUT2D eigenvalue weighted by Gasteiger charge is -2.37. The zero-order valence-corrected chi connectivity index (χ0v) is 19.2. The summed E-state index contributed by atoms with van der Waals surface area (Å²) in [5.41, 5.74) is -2.36. The van der Waals surface area contributed by atoms with E-state index in [1.54, 1.807) is 0 Å². The standard InChI is InChI=1S/C25H16O13/c1-35-10-6-9(26)13-14(16(10)27)19(30)21-15(17(13)28)22(31)25(38-21)3-2-7-4-8-5-11(23(32)33)36-24(34)12(8)18(29)20(7)37-25/h4-6,22,28-31H,2-3H2,1H3,(H,32,33)/t22-,25-/m0/s1. The number of aromatic carboxylic acids is 1. The molecule has 2 aliphatic heterocycles. The number of benzene rings is 2. The van der Waals surface area contributed by atoms with Crippen LogP contribution in [0.5, 0.6) is 28.7 Å². The Morgan fingerprint density at radius 1 is 1.03 bits per heavy atom. The Labute approximate surface area is 210 Å². The zero-order chi connectivity index (χ0) is 27.3. The molecule has 3 heterocycles. The molecule has 0 saturated carbocycles. The number of aliphatic hydroxyl groups excluding tert-OH is 1. The number of aromatic hydroxyl groups is 3. The van der Waals surface area contributed by atoms with Gasteiger partial charge in [0.15, 0.2) is 40.6 Å². The number of allylic oxidation sites excluding steroid dienone is 2. The van der Waals surface area contributed by atoms with E-state index in [0.29, 0.717) is 5.56 Å². The predicted octanol–water partition coefficient (Wildman–Crippen LogP) is 1.66. The summed E-state index contributed by atoms with van der Waals surface area (Å²) in [6.45, 7) is 0. The minimum Gasteiger partial charge on any atom is -0.507 e. The van der Waals surface area contributed by atoms with Crippen LogP contribution < -0.4 is 15.1 Å². The quantitative estimate of drug-likeness (QED) is 0.302. The average Bonchev–Trinajstić information content (AvgIpc) is 3.15. The van der Waals surface area contributed by atoms with E-state index >= 15 is 0 Å². The topological polar surface area (TPSA) is 210 Å². The van der Waals surface area contributed by atoms with E-state index in [0.717, 1.165) is 19.3 Å². The van der Waals surface area contributed by atoms with Crippen molar-refractivity contribution in [3.63, 3.8) is 0 Å². The van der Waals surface area contributed by atoms with Crippen LogP contribution in [-0.2, 0) is 11.2 Å². The molecule has 3 aromatic rings. The smallest absolute Gasteiger partial charge is 0.371 e. The van der Waals surface area contributed by atoms with Gasteiger partial charge in [0, 0.05) is 12.5 Å². The molecule has 194 valence electrons. The van der Waals surface area contributed by atoms with E-state index in [1.165, 1.54) is 6.07 Å². The average molecular weight is 524 g/mol. The Balaban J connectivity index is 1.49. The number of phenols is 3. The van der Waals surface area contributed by atoms with Crippen LogP contribution in [-0.4, -0.2) is 56.0 Å². The summed E-state index contributed by atoms with van der Waals surface area (Å²) in [6, 6.07) is 2.48. The molecule has 0 saturated heterocycles. The molecule has 3 aliphatic rings.